The van der Waals surface area contributed by atoms with Crippen LogP contribution in [-0.4, -0.2) is 29.5 Å². The first-order valence-electron chi connectivity index (χ1n) is 9.03. The highest BCUT2D eigenvalue weighted by molar-refractivity contribution is 7.89. The van der Waals surface area contributed by atoms with Crippen LogP contribution in [0, 0.1) is 0 Å². The smallest absolute Gasteiger partial charge is 0.338 e. The fraction of sp³-hybridized carbons (Fsp3) is 0.100. The zero-order chi connectivity index (χ0) is 21.7. The lowest BCUT2D eigenvalue weighted by Crippen LogP contribution is -2.23. The molecule has 0 bridgehead atoms. The Balaban J connectivity index is 1.34. The van der Waals surface area contributed by atoms with Crippen LogP contribution in [0.25, 0.3) is 11.4 Å². The van der Waals surface area contributed by atoms with Crippen LogP contribution >= 0.6 is 0 Å². The minimum absolute atomic E-state index is 0.00798. The van der Waals surface area contributed by atoms with Crippen LogP contribution in [0.2, 0.25) is 0 Å². The number of hydrogen-bond donors (Lipinski definition) is 1. The van der Waals surface area contributed by atoms with Crippen molar-refractivity contribution >= 4 is 16.0 Å². The molecular weight excluding hydrogens is 424 g/mol. The predicted molar refractivity (Wildman–Crippen MR) is 106 cm³/mol. The molecule has 3 aromatic heterocycles. The molecule has 1 aromatic carbocycles. The van der Waals surface area contributed by atoms with Crippen molar-refractivity contribution in [2.75, 3.05) is 0 Å². The topological polar surface area (TPSA) is 137 Å². The first-order valence-corrected chi connectivity index (χ1v) is 10.5. The summed E-state index contributed by atoms with van der Waals surface area (Å²) >= 11 is 0. The van der Waals surface area contributed by atoms with Crippen molar-refractivity contribution in [1.82, 2.24) is 19.8 Å². The molecule has 0 saturated heterocycles. The molecule has 11 heteroatoms. The lowest BCUT2D eigenvalue weighted by Gasteiger charge is -2.06. The van der Waals surface area contributed by atoms with Crippen LogP contribution in [0.3, 0.4) is 0 Å². The van der Waals surface area contributed by atoms with Gasteiger partial charge in [0.2, 0.25) is 15.8 Å². The van der Waals surface area contributed by atoms with Gasteiger partial charge in [-0.25, -0.2) is 17.9 Å². The Labute approximate surface area is 176 Å². The fourth-order valence-electron chi connectivity index (χ4n) is 2.57. The monoisotopic (exact) mass is 440 g/mol. The number of carbonyl (C=O) groups excluding carboxylic acids is 1. The maximum atomic E-state index is 12.3. The molecule has 0 amide bonds. The molecule has 0 unspecified atom stereocenters. The highest BCUT2D eigenvalue weighted by Gasteiger charge is 2.17. The number of pyridine rings is 1. The van der Waals surface area contributed by atoms with E-state index in [2.05, 4.69) is 19.8 Å². The van der Waals surface area contributed by atoms with E-state index in [4.69, 9.17) is 13.7 Å². The number of esters is 1. The van der Waals surface area contributed by atoms with Crippen molar-refractivity contribution < 1.29 is 26.9 Å². The maximum Gasteiger partial charge on any atom is 0.338 e. The number of ether oxygens (including phenoxy) is 1. The second-order valence-corrected chi connectivity index (χ2v) is 8.02. The minimum Gasteiger partial charge on any atom is -0.468 e. The van der Waals surface area contributed by atoms with Gasteiger partial charge in [0.1, 0.15) is 5.76 Å². The van der Waals surface area contributed by atoms with Gasteiger partial charge in [0.25, 0.3) is 5.89 Å². The quantitative estimate of drug-likeness (QED) is 0.410. The van der Waals surface area contributed by atoms with Gasteiger partial charge < -0.3 is 13.7 Å². The summed E-state index contributed by atoms with van der Waals surface area (Å²) in [5, 5.41) is 3.81. The lowest BCUT2D eigenvalue weighted by atomic mass is 10.2. The molecule has 0 radical (unpaired) electrons. The van der Waals surface area contributed by atoms with Crippen molar-refractivity contribution in [2.24, 2.45) is 0 Å². The molecule has 0 aliphatic heterocycles. The third kappa shape index (κ3) is 5.02. The first kappa shape index (κ1) is 20.4. The molecule has 0 atom stereocenters. The van der Waals surface area contributed by atoms with Crippen molar-refractivity contribution in [3.05, 3.63) is 84.4 Å². The zero-order valence-electron chi connectivity index (χ0n) is 16.0. The summed E-state index contributed by atoms with van der Waals surface area (Å²) in [6, 6.07) is 12.2. The number of hydrogen-bond acceptors (Lipinski definition) is 9. The Hall–Kier alpha value is -3.83. The highest BCUT2D eigenvalue weighted by Crippen LogP contribution is 2.16. The fourth-order valence-corrected chi connectivity index (χ4v) is 3.56. The molecular formula is C20H16N4O6S. The average Bonchev–Trinajstić information content (AvgIpc) is 3.49. The van der Waals surface area contributed by atoms with Crippen LogP contribution in [0.4, 0.5) is 0 Å². The SMILES string of the molecule is O=C(OCc1nc(-c2cccnc2)no1)c1ccc(S(=O)(=O)NCc2ccco2)cc1. The number of carbonyl (C=O) groups is 1. The molecule has 3 heterocycles. The summed E-state index contributed by atoms with van der Waals surface area (Å²) in [6.07, 6.45) is 4.66. The Kier molecular flexibility index (Phi) is 5.87. The van der Waals surface area contributed by atoms with Gasteiger partial charge in [0.05, 0.1) is 23.3 Å². The van der Waals surface area contributed by atoms with Gasteiger partial charge in [-0.2, -0.15) is 4.98 Å². The van der Waals surface area contributed by atoms with E-state index in [-0.39, 0.29) is 29.5 Å². The summed E-state index contributed by atoms with van der Waals surface area (Å²) < 4.78 is 42.4. The van der Waals surface area contributed by atoms with Gasteiger partial charge in [-0.05, 0) is 48.5 Å². The summed E-state index contributed by atoms with van der Waals surface area (Å²) in [7, 11) is -3.76. The van der Waals surface area contributed by atoms with Gasteiger partial charge in [-0.15, -0.1) is 0 Å². The molecule has 0 aliphatic rings. The van der Waals surface area contributed by atoms with Crippen molar-refractivity contribution in [1.29, 1.82) is 0 Å². The summed E-state index contributed by atoms with van der Waals surface area (Å²) in [6.45, 7) is -0.207. The van der Waals surface area contributed by atoms with E-state index in [1.807, 2.05) is 0 Å². The summed E-state index contributed by atoms with van der Waals surface area (Å²) in [4.78, 5) is 20.4. The largest absolute Gasteiger partial charge is 0.468 e. The van der Waals surface area contributed by atoms with Crippen LogP contribution in [-0.2, 0) is 27.9 Å². The Morgan fingerprint density at radius 2 is 1.94 bits per heavy atom. The standard InChI is InChI=1S/C20H16N4O6S/c25-20(29-13-18-23-19(24-30-18)15-3-1-9-21-11-15)14-5-7-17(8-6-14)31(26,27)22-12-16-4-2-10-28-16/h1-11,22H,12-13H2. The number of furan rings is 1. The zero-order valence-corrected chi connectivity index (χ0v) is 16.8. The second-order valence-electron chi connectivity index (χ2n) is 6.26. The van der Waals surface area contributed by atoms with Gasteiger partial charge in [0, 0.05) is 18.0 Å². The van der Waals surface area contributed by atoms with E-state index in [1.165, 1.54) is 30.5 Å². The number of rotatable bonds is 8. The van der Waals surface area contributed by atoms with Crippen LogP contribution in [0.15, 0.2) is 81.0 Å². The van der Waals surface area contributed by atoms with Gasteiger partial charge in [-0.1, -0.05) is 5.16 Å². The highest BCUT2D eigenvalue weighted by atomic mass is 32.2. The van der Waals surface area contributed by atoms with E-state index < -0.39 is 16.0 Å². The Morgan fingerprint density at radius 1 is 1.10 bits per heavy atom. The maximum absolute atomic E-state index is 12.3. The van der Waals surface area contributed by atoms with E-state index in [1.54, 1.807) is 36.7 Å². The number of nitrogens with one attached hydrogen (secondary N) is 1. The van der Waals surface area contributed by atoms with E-state index >= 15 is 0 Å². The number of nitrogens with zero attached hydrogens (tertiary/aromatic N) is 3. The second kappa shape index (κ2) is 8.90. The van der Waals surface area contributed by atoms with Crippen LogP contribution in [0.1, 0.15) is 22.0 Å². The molecule has 0 saturated carbocycles. The summed E-state index contributed by atoms with van der Waals surface area (Å²) in [5.41, 5.74) is 0.846. The molecule has 10 nitrogen and oxygen atoms in total. The Morgan fingerprint density at radius 3 is 2.65 bits per heavy atom. The normalized spacial score (nSPS) is 11.4. The van der Waals surface area contributed by atoms with Crippen molar-refractivity contribution in [3.63, 3.8) is 0 Å². The molecule has 0 spiro atoms. The van der Waals surface area contributed by atoms with Crippen LogP contribution < -0.4 is 4.72 Å². The molecule has 0 fully saturated rings. The van der Waals surface area contributed by atoms with Crippen LogP contribution in [0.5, 0.6) is 0 Å². The predicted octanol–water partition coefficient (Wildman–Crippen LogP) is 2.56. The molecule has 158 valence electrons. The number of sulfonamides is 1. The minimum atomic E-state index is -3.76. The molecule has 4 rings (SSSR count). The average molecular weight is 440 g/mol. The summed E-state index contributed by atoms with van der Waals surface area (Å²) in [5.74, 6) is 0.273. The van der Waals surface area contributed by atoms with E-state index in [0.29, 0.717) is 17.1 Å². The van der Waals surface area contributed by atoms with Crippen molar-refractivity contribution in [3.8, 4) is 11.4 Å². The molecule has 31 heavy (non-hydrogen) atoms. The lowest BCUT2D eigenvalue weighted by molar-refractivity contribution is 0.0429. The van der Waals surface area contributed by atoms with Gasteiger partial charge in [0.15, 0.2) is 6.61 Å². The van der Waals surface area contributed by atoms with Gasteiger partial charge >= 0.3 is 5.97 Å². The molecule has 4 aromatic rings. The number of aromatic nitrogens is 3. The van der Waals surface area contributed by atoms with E-state index in [9.17, 15) is 13.2 Å². The third-order valence-electron chi connectivity index (χ3n) is 4.13. The third-order valence-corrected chi connectivity index (χ3v) is 5.55. The van der Waals surface area contributed by atoms with Gasteiger partial charge in [-0.3, -0.25) is 4.98 Å². The molecule has 0 aliphatic carbocycles. The van der Waals surface area contributed by atoms with E-state index in [0.717, 1.165) is 0 Å². The molecule has 1 N–H and O–H groups in total. The van der Waals surface area contributed by atoms with Crippen molar-refractivity contribution in [2.45, 2.75) is 18.0 Å². The Bertz CT molecular complexity index is 1250. The number of benzene rings is 1. The first-order chi connectivity index (χ1) is 15.0.